The number of pyridine rings is 1. The Morgan fingerprint density at radius 1 is 1.50 bits per heavy atom. The van der Waals surface area contributed by atoms with Crippen LogP contribution >= 0.6 is 0 Å². The van der Waals surface area contributed by atoms with Crippen LogP contribution in [0, 0.1) is 0 Å². The number of alkyl halides is 2. The molecule has 0 aromatic carbocycles. The van der Waals surface area contributed by atoms with Gasteiger partial charge in [-0.25, -0.2) is 8.78 Å². The van der Waals surface area contributed by atoms with Crippen LogP contribution in [0.3, 0.4) is 0 Å². The summed E-state index contributed by atoms with van der Waals surface area (Å²) >= 11 is 0. The number of carbonyl (C=O) groups excluding carboxylic acids is 1. The molecule has 0 unspecified atom stereocenters. The van der Waals surface area contributed by atoms with Gasteiger partial charge in [0.2, 0.25) is 0 Å². The fourth-order valence-electron chi connectivity index (χ4n) is 1.50. The smallest absolute Gasteiger partial charge is 0.310 e. The van der Waals surface area contributed by atoms with E-state index in [0.29, 0.717) is 0 Å². The van der Waals surface area contributed by atoms with Gasteiger partial charge in [0.1, 0.15) is 0 Å². The van der Waals surface area contributed by atoms with Gasteiger partial charge in [-0.15, -0.1) is 0 Å². The third kappa shape index (κ3) is 3.36. The Morgan fingerprint density at radius 3 is 2.67 bits per heavy atom. The second kappa shape index (κ2) is 6.25. The minimum absolute atomic E-state index is 0.0679. The van der Waals surface area contributed by atoms with E-state index in [1.165, 1.54) is 6.07 Å². The number of hydrogen-bond acceptors (Lipinski definition) is 4. The Kier molecular flexibility index (Phi) is 4.96. The van der Waals surface area contributed by atoms with Gasteiger partial charge >= 0.3 is 5.97 Å². The fraction of sp³-hybridized carbons (Fsp3) is 0.455. The molecule has 0 spiro atoms. The van der Waals surface area contributed by atoms with E-state index in [9.17, 15) is 18.4 Å². The highest BCUT2D eigenvalue weighted by Gasteiger charge is 2.17. The molecule has 100 valence electrons. The predicted octanol–water partition coefficient (Wildman–Crippen LogP) is 0.877. The SMILES string of the molecule is CCOC(=O)Cc1cc(CN)c(C(F)F)[nH]c1=O. The summed E-state index contributed by atoms with van der Waals surface area (Å²) < 4.78 is 29.9. The topological polar surface area (TPSA) is 85.2 Å². The van der Waals surface area contributed by atoms with E-state index in [1.807, 2.05) is 4.98 Å². The number of ether oxygens (including phenoxy) is 1. The summed E-state index contributed by atoms with van der Waals surface area (Å²) in [4.78, 5) is 24.8. The molecule has 7 heteroatoms. The number of nitrogens with one attached hydrogen (secondary N) is 1. The monoisotopic (exact) mass is 260 g/mol. The van der Waals surface area contributed by atoms with E-state index in [-0.39, 0.29) is 30.7 Å². The van der Waals surface area contributed by atoms with Crippen LogP contribution in [0.25, 0.3) is 0 Å². The number of H-pyrrole nitrogens is 1. The van der Waals surface area contributed by atoms with Gasteiger partial charge in [0.15, 0.2) is 0 Å². The highest BCUT2D eigenvalue weighted by atomic mass is 19.3. The van der Waals surface area contributed by atoms with Crippen LogP contribution in [0.15, 0.2) is 10.9 Å². The van der Waals surface area contributed by atoms with Crippen LogP contribution in [0.2, 0.25) is 0 Å². The Bertz CT molecular complexity index is 486. The molecule has 1 aromatic heterocycles. The maximum atomic E-state index is 12.6. The van der Waals surface area contributed by atoms with Crippen LogP contribution in [-0.2, 0) is 22.5 Å². The Morgan fingerprint density at radius 2 is 2.17 bits per heavy atom. The van der Waals surface area contributed by atoms with Gasteiger partial charge in [-0.2, -0.15) is 0 Å². The fourth-order valence-corrected chi connectivity index (χ4v) is 1.50. The molecular formula is C11H14F2N2O3. The molecule has 1 heterocycles. The maximum Gasteiger partial charge on any atom is 0.310 e. The largest absolute Gasteiger partial charge is 0.466 e. The number of aromatic amines is 1. The molecule has 0 fully saturated rings. The van der Waals surface area contributed by atoms with Crippen molar-refractivity contribution in [3.8, 4) is 0 Å². The Balaban J connectivity index is 3.08. The van der Waals surface area contributed by atoms with Crippen molar-refractivity contribution >= 4 is 5.97 Å². The zero-order chi connectivity index (χ0) is 13.7. The molecule has 18 heavy (non-hydrogen) atoms. The maximum absolute atomic E-state index is 12.6. The molecule has 0 radical (unpaired) electrons. The van der Waals surface area contributed by atoms with Crippen molar-refractivity contribution in [3.05, 3.63) is 33.2 Å². The van der Waals surface area contributed by atoms with Crippen molar-refractivity contribution in [3.63, 3.8) is 0 Å². The first kappa shape index (κ1) is 14.3. The molecule has 0 atom stereocenters. The minimum atomic E-state index is -2.81. The van der Waals surface area contributed by atoms with Crippen molar-refractivity contribution < 1.29 is 18.3 Å². The van der Waals surface area contributed by atoms with Gasteiger partial charge in [0.25, 0.3) is 12.0 Å². The van der Waals surface area contributed by atoms with Crippen molar-refractivity contribution in [1.82, 2.24) is 4.98 Å². The van der Waals surface area contributed by atoms with Gasteiger partial charge in [-0.3, -0.25) is 9.59 Å². The standard InChI is InChI=1S/C11H14F2N2O3/c1-2-18-8(16)4-6-3-7(5-14)9(10(12)13)15-11(6)17/h3,10H,2,4-5,14H2,1H3,(H,15,17). The van der Waals surface area contributed by atoms with Crippen LogP contribution < -0.4 is 11.3 Å². The Labute approximate surface area is 102 Å². The van der Waals surface area contributed by atoms with E-state index in [1.54, 1.807) is 6.92 Å². The number of hydrogen-bond donors (Lipinski definition) is 2. The lowest BCUT2D eigenvalue weighted by atomic mass is 10.1. The summed E-state index contributed by atoms with van der Waals surface area (Å²) in [6.45, 7) is 1.68. The zero-order valence-electron chi connectivity index (χ0n) is 9.83. The number of esters is 1. The van der Waals surface area contributed by atoms with Crippen molar-refractivity contribution in [2.24, 2.45) is 5.73 Å². The van der Waals surface area contributed by atoms with Crippen LogP contribution in [-0.4, -0.2) is 17.6 Å². The van der Waals surface area contributed by atoms with Crippen molar-refractivity contribution in [2.45, 2.75) is 26.3 Å². The number of carbonyl (C=O) groups is 1. The zero-order valence-corrected chi connectivity index (χ0v) is 9.83. The molecule has 0 saturated heterocycles. The van der Waals surface area contributed by atoms with E-state index in [2.05, 4.69) is 4.74 Å². The van der Waals surface area contributed by atoms with Crippen LogP contribution in [0.4, 0.5) is 8.78 Å². The molecule has 0 aliphatic carbocycles. The van der Waals surface area contributed by atoms with Gasteiger partial charge in [0, 0.05) is 12.1 Å². The second-order valence-electron chi connectivity index (χ2n) is 3.55. The third-order valence-corrected chi connectivity index (χ3v) is 2.31. The molecule has 1 rings (SSSR count). The molecule has 0 aliphatic heterocycles. The van der Waals surface area contributed by atoms with Gasteiger partial charge in [-0.1, -0.05) is 0 Å². The summed E-state index contributed by atoms with van der Waals surface area (Å²) in [6.07, 6.45) is -3.08. The number of rotatable bonds is 5. The number of halogens is 2. The quantitative estimate of drug-likeness (QED) is 0.769. The lowest BCUT2D eigenvalue weighted by Crippen LogP contribution is -2.21. The Hall–Kier alpha value is -1.76. The summed E-state index contributed by atoms with van der Waals surface area (Å²) in [5.41, 5.74) is 4.28. The number of nitrogens with two attached hydrogens (primary N) is 1. The van der Waals surface area contributed by atoms with Crippen LogP contribution in [0.5, 0.6) is 0 Å². The average Bonchev–Trinajstić information content (AvgIpc) is 2.31. The van der Waals surface area contributed by atoms with Crippen molar-refractivity contribution in [1.29, 1.82) is 0 Å². The summed E-state index contributed by atoms with van der Waals surface area (Å²) in [5, 5.41) is 0. The normalized spacial score (nSPS) is 10.7. The average molecular weight is 260 g/mol. The first-order chi connectivity index (χ1) is 8.49. The molecule has 3 N–H and O–H groups in total. The third-order valence-electron chi connectivity index (χ3n) is 2.31. The molecular weight excluding hydrogens is 246 g/mol. The molecule has 1 aromatic rings. The lowest BCUT2D eigenvalue weighted by molar-refractivity contribution is -0.142. The van der Waals surface area contributed by atoms with Crippen LogP contribution in [0.1, 0.15) is 30.2 Å². The minimum Gasteiger partial charge on any atom is -0.466 e. The summed E-state index contributed by atoms with van der Waals surface area (Å²) in [7, 11) is 0. The van der Waals surface area contributed by atoms with Gasteiger partial charge in [0.05, 0.1) is 18.7 Å². The van der Waals surface area contributed by atoms with Gasteiger partial charge < -0.3 is 15.5 Å². The predicted molar refractivity (Wildman–Crippen MR) is 60.2 cm³/mol. The molecule has 0 aliphatic rings. The molecule has 0 bridgehead atoms. The molecule has 5 nitrogen and oxygen atoms in total. The molecule has 0 amide bonds. The highest BCUT2D eigenvalue weighted by molar-refractivity contribution is 5.72. The summed E-state index contributed by atoms with van der Waals surface area (Å²) in [6, 6.07) is 1.22. The van der Waals surface area contributed by atoms with Gasteiger partial charge in [-0.05, 0) is 18.6 Å². The summed E-state index contributed by atoms with van der Waals surface area (Å²) in [5.74, 6) is -0.587. The van der Waals surface area contributed by atoms with E-state index < -0.39 is 23.6 Å². The van der Waals surface area contributed by atoms with E-state index >= 15 is 0 Å². The van der Waals surface area contributed by atoms with E-state index in [0.717, 1.165) is 0 Å². The van der Waals surface area contributed by atoms with Crippen molar-refractivity contribution in [2.75, 3.05) is 6.61 Å². The highest BCUT2D eigenvalue weighted by Crippen LogP contribution is 2.19. The lowest BCUT2D eigenvalue weighted by Gasteiger charge is -2.09. The first-order valence-corrected chi connectivity index (χ1v) is 5.38. The second-order valence-corrected chi connectivity index (χ2v) is 3.55. The van der Waals surface area contributed by atoms with E-state index in [4.69, 9.17) is 5.73 Å². The first-order valence-electron chi connectivity index (χ1n) is 5.38. The number of aromatic nitrogens is 1. The molecule has 0 saturated carbocycles.